The summed E-state index contributed by atoms with van der Waals surface area (Å²) in [5, 5.41) is 6.93. The van der Waals surface area contributed by atoms with Crippen molar-refractivity contribution >= 4 is 0 Å². The Balaban J connectivity index is 1.86. The van der Waals surface area contributed by atoms with Crippen LogP contribution in [0.3, 0.4) is 0 Å². The van der Waals surface area contributed by atoms with Gasteiger partial charge < -0.3 is 0 Å². The maximum atomic E-state index is 3.94. The van der Waals surface area contributed by atoms with E-state index in [9.17, 15) is 0 Å². The van der Waals surface area contributed by atoms with Gasteiger partial charge in [0.25, 0.3) is 0 Å². The van der Waals surface area contributed by atoms with Gasteiger partial charge in [0, 0.05) is 18.4 Å². The molecule has 2 heterocycles. The highest BCUT2D eigenvalue weighted by molar-refractivity contribution is 4.97. The van der Waals surface area contributed by atoms with E-state index < -0.39 is 0 Å². The third kappa shape index (κ3) is 1.85. The summed E-state index contributed by atoms with van der Waals surface area (Å²) >= 11 is 0. The highest BCUT2D eigenvalue weighted by Crippen LogP contribution is 2.10. The van der Waals surface area contributed by atoms with Crippen LogP contribution in [0.2, 0.25) is 0 Å². The molecule has 1 fully saturated rings. The van der Waals surface area contributed by atoms with Gasteiger partial charge in [-0.3, -0.25) is 10.00 Å². The Labute approximate surface area is 72.8 Å². The van der Waals surface area contributed by atoms with E-state index in [0.29, 0.717) is 0 Å². The minimum Gasteiger partial charge on any atom is -0.298 e. The largest absolute Gasteiger partial charge is 0.298 e. The lowest BCUT2D eigenvalue weighted by Crippen LogP contribution is -2.29. The third-order valence-electron chi connectivity index (χ3n) is 2.40. The van der Waals surface area contributed by atoms with Crippen LogP contribution in [-0.4, -0.2) is 28.2 Å². The average Bonchev–Trinajstić information content (AvgIpc) is 2.59. The van der Waals surface area contributed by atoms with Crippen LogP contribution >= 0.6 is 0 Å². The second kappa shape index (κ2) is 3.72. The molecule has 66 valence electrons. The van der Waals surface area contributed by atoms with Gasteiger partial charge in [-0.2, -0.15) is 5.10 Å². The number of hydrogen-bond acceptors (Lipinski definition) is 2. The molecule has 0 aromatic carbocycles. The van der Waals surface area contributed by atoms with Gasteiger partial charge in [0.05, 0.1) is 0 Å². The van der Waals surface area contributed by atoms with E-state index in [-0.39, 0.29) is 0 Å². The van der Waals surface area contributed by atoms with Crippen molar-refractivity contribution in [3.8, 4) is 0 Å². The second-order valence-electron chi connectivity index (χ2n) is 3.42. The number of aromatic nitrogens is 2. The Morgan fingerprint density at radius 1 is 1.33 bits per heavy atom. The Morgan fingerprint density at radius 2 is 2.17 bits per heavy atom. The number of H-pyrrole nitrogens is 1. The molecule has 0 atom stereocenters. The maximum absolute atomic E-state index is 3.94. The molecule has 1 aliphatic rings. The van der Waals surface area contributed by atoms with Crippen molar-refractivity contribution in [1.29, 1.82) is 0 Å². The topological polar surface area (TPSA) is 31.9 Å². The molecular weight excluding hydrogens is 150 g/mol. The van der Waals surface area contributed by atoms with Crippen LogP contribution in [-0.2, 0) is 6.54 Å². The van der Waals surface area contributed by atoms with Gasteiger partial charge >= 0.3 is 0 Å². The van der Waals surface area contributed by atoms with E-state index in [1.165, 1.54) is 38.0 Å². The van der Waals surface area contributed by atoms with Crippen molar-refractivity contribution in [2.45, 2.75) is 25.8 Å². The molecule has 1 N–H and O–H groups in total. The summed E-state index contributed by atoms with van der Waals surface area (Å²) in [6, 6.07) is 2.05. The molecule has 1 aromatic rings. The van der Waals surface area contributed by atoms with E-state index in [1.807, 2.05) is 6.20 Å². The molecular formula is C9H15N3. The van der Waals surface area contributed by atoms with Crippen molar-refractivity contribution in [3.05, 3.63) is 18.0 Å². The normalized spacial score (nSPS) is 19.7. The van der Waals surface area contributed by atoms with Crippen LogP contribution in [0.1, 0.15) is 25.0 Å². The Hall–Kier alpha value is -0.830. The van der Waals surface area contributed by atoms with E-state index in [1.54, 1.807) is 0 Å². The van der Waals surface area contributed by atoms with Crippen LogP contribution in [0.4, 0.5) is 0 Å². The lowest BCUT2D eigenvalue weighted by atomic mass is 10.1. The van der Waals surface area contributed by atoms with Crippen LogP contribution in [0, 0.1) is 0 Å². The highest BCUT2D eigenvalue weighted by atomic mass is 15.2. The smallest absolute Gasteiger partial charge is 0.0492 e. The number of likely N-dealkylation sites (tertiary alicyclic amines) is 1. The van der Waals surface area contributed by atoms with E-state index in [0.717, 1.165) is 6.54 Å². The van der Waals surface area contributed by atoms with Crippen LogP contribution in [0.5, 0.6) is 0 Å². The summed E-state index contributed by atoms with van der Waals surface area (Å²) < 4.78 is 0. The molecule has 0 spiro atoms. The van der Waals surface area contributed by atoms with Crippen molar-refractivity contribution in [2.24, 2.45) is 0 Å². The molecule has 0 radical (unpaired) electrons. The minimum absolute atomic E-state index is 1.04. The number of rotatable bonds is 2. The molecule has 3 heteroatoms. The molecule has 0 unspecified atom stereocenters. The van der Waals surface area contributed by atoms with Gasteiger partial charge in [-0.25, -0.2) is 0 Å². The van der Waals surface area contributed by atoms with Gasteiger partial charge in [0.2, 0.25) is 0 Å². The zero-order valence-electron chi connectivity index (χ0n) is 7.29. The highest BCUT2D eigenvalue weighted by Gasteiger charge is 2.10. The molecule has 0 amide bonds. The molecule has 0 saturated carbocycles. The molecule has 1 aromatic heterocycles. The molecule has 3 nitrogen and oxygen atoms in total. The molecule has 1 aliphatic heterocycles. The van der Waals surface area contributed by atoms with E-state index >= 15 is 0 Å². The van der Waals surface area contributed by atoms with Gasteiger partial charge in [-0.1, -0.05) is 6.42 Å². The van der Waals surface area contributed by atoms with Crippen molar-refractivity contribution in [1.82, 2.24) is 15.1 Å². The SMILES string of the molecule is c1cc(CN2CCCCC2)[nH]n1. The minimum atomic E-state index is 1.04. The summed E-state index contributed by atoms with van der Waals surface area (Å²) in [5.41, 5.74) is 1.23. The van der Waals surface area contributed by atoms with E-state index in [4.69, 9.17) is 0 Å². The second-order valence-corrected chi connectivity index (χ2v) is 3.42. The first kappa shape index (κ1) is 7.80. The number of aromatic amines is 1. The molecule has 0 aliphatic carbocycles. The third-order valence-corrected chi connectivity index (χ3v) is 2.40. The van der Waals surface area contributed by atoms with Crippen molar-refractivity contribution in [3.63, 3.8) is 0 Å². The maximum Gasteiger partial charge on any atom is 0.0492 e. The Morgan fingerprint density at radius 3 is 2.83 bits per heavy atom. The fraction of sp³-hybridized carbons (Fsp3) is 0.667. The van der Waals surface area contributed by atoms with Crippen LogP contribution in [0.25, 0.3) is 0 Å². The summed E-state index contributed by atoms with van der Waals surface area (Å²) in [5.74, 6) is 0. The quantitative estimate of drug-likeness (QED) is 0.718. The first-order chi connectivity index (χ1) is 5.95. The number of nitrogens with one attached hydrogen (secondary N) is 1. The van der Waals surface area contributed by atoms with Crippen molar-refractivity contribution in [2.75, 3.05) is 13.1 Å². The predicted molar refractivity (Wildman–Crippen MR) is 47.7 cm³/mol. The lowest BCUT2D eigenvalue weighted by molar-refractivity contribution is 0.218. The molecule has 2 rings (SSSR count). The zero-order chi connectivity index (χ0) is 8.23. The number of hydrogen-bond donors (Lipinski definition) is 1. The van der Waals surface area contributed by atoms with Crippen LogP contribution < -0.4 is 0 Å². The van der Waals surface area contributed by atoms with Gasteiger partial charge in [-0.05, 0) is 32.0 Å². The predicted octanol–water partition coefficient (Wildman–Crippen LogP) is 1.40. The first-order valence-corrected chi connectivity index (χ1v) is 4.66. The molecule has 0 bridgehead atoms. The van der Waals surface area contributed by atoms with E-state index in [2.05, 4.69) is 21.2 Å². The lowest BCUT2D eigenvalue weighted by Gasteiger charge is -2.25. The zero-order valence-corrected chi connectivity index (χ0v) is 7.29. The number of nitrogens with zero attached hydrogens (tertiary/aromatic N) is 2. The van der Waals surface area contributed by atoms with Crippen LogP contribution in [0.15, 0.2) is 12.3 Å². The fourth-order valence-electron chi connectivity index (χ4n) is 1.73. The standard InChI is InChI=1S/C9H15N3/c1-2-6-12(7-3-1)8-9-4-5-10-11-9/h4-5H,1-3,6-8H2,(H,10,11). The fourth-order valence-corrected chi connectivity index (χ4v) is 1.73. The first-order valence-electron chi connectivity index (χ1n) is 4.66. The molecule has 1 saturated heterocycles. The average molecular weight is 165 g/mol. The molecule has 12 heavy (non-hydrogen) atoms. The summed E-state index contributed by atoms with van der Waals surface area (Å²) in [7, 11) is 0. The number of piperidine rings is 1. The summed E-state index contributed by atoms with van der Waals surface area (Å²) in [4.78, 5) is 2.48. The van der Waals surface area contributed by atoms with Gasteiger partial charge in [-0.15, -0.1) is 0 Å². The van der Waals surface area contributed by atoms with Gasteiger partial charge in [0.15, 0.2) is 0 Å². The van der Waals surface area contributed by atoms with Crippen molar-refractivity contribution < 1.29 is 0 Å². The Kier molecular flexibility index (Phi) is 2.42. The monoisotopic (exact) mass is 165 g/mol. The Bertz CT molecular complexity index is 212. The summed E-state index contributed by atoms with van der Waals surface area (Å²) in [6.45, 7) is 3.54. The van der Waals surface area contributed by atoms with Gasteiger partial charge in [0.1, 0.15) is 0 Å². The summed E-state index contributed by atoms with van der Waals surface area (Å²) in [6.07, 6.45) is 5.93.